The maximum absolute atomic E-state index is 14.1. The van der Waals surface area contributed by atoms with Crippen molar-refractivity contribution in [2.75, 3.05) is 7.05 Å². The number of hydrogen-bond acceptors (Lipinski definition) is 1. The van der Waals surface area contributed by atoms with Crippen LogP contribution in [0.1, 0.15) is 17.2 Å². The lowest BCUT2D eigenvalue weighted by Crippen LogP contribution is -2.20. The third-order valence-corrected chi connectivity index (χ3v) is 4.42. The SMILES string of the molecule is CNC(Cc1c(F)ccc(Br)c1F)c1cc(Cl)ccc1Cl. The molecule has 0 saturated heterocycles. The molecule has 2 rings (SSSR count). The Kier molecular flexibility index (Phi) is 5.60. The minimum atomic E-state index is -0.603. The van der Waals surface area contributed by atoms with Crippen molar-refractivity contribution < 1.29 is 8.78 Å². The lowest BCUT2D eigenvalue weighted by atomic mass is 9.98. The molecular formula is C15H12BrCl2F2N. The van der Waals surface area contributed by atoms with E-state index in [2.05, 4.69) is 21.2 Å². The number of rotatable bonds is 4. The summed E-state index contributed by atoms with van der Waals surface area (Å²) in [5, 5.41) is 4.03. The zero-order chi connectivity index (χ0) is 15.6. The molecule has 21 heavy (non-hydrogen) atoms. The number of hydrogen-bond donors (Lipinski definition) is 1. The van der Waals surface area contributed by atoms with Gasteiger partial charge >= 0.3 is 0 Å². The second kappa shape index (κ2) is 7.05. The number of halogens is 5. The van der Waals surface area contributed by atoms with Crippen LogP contribution in [-0.2, 0) is 6.42 Å². The van der Waals surface area contributed by atoms with E-state index in [0.717, 1.165) is 0 Å². The highest BCUT2D eigenvalue weighted by Crippen LogP contribution is 2.31. The van der Waals surface area contributed by atoms with Crippen LogP contribution < -0.4 is 5.32 Å². The molecule has 1 unspecified atom stereocenters. The Morgan fingerprint density at radius 2 is 1.90 bits per heavy atom. The Morgan fingerprint density at radius 1 is 1.19 bits per heavy atom. The number of nitrogens with one attached hydrogen (secondary N) is 1. The maximum atomic E-state index is 14.1. The Labute approximate surface area is 140 Å². The second-order valence-electron chi connectivity index (χ2n) is 4.53. The van der Waals surface area contributed by atoms with Gasteiger partial charge in [0.05, 0.1) is 4.47 Å². The van der Waals surface area contributed by atoms with E-state index < -0.39 is 11.6 Å². The van der Waals surface area contributed by atoms with Crippen LogP contribution in [0.2, 0.25) is 10.0 Å². The van der Waals surface area contributed by atoms with Crippen LogP contribution in [0.4, 0.5) is 8.78 Å². The smallest absolute Gasteiger partial charge is 0.143 e. The van der Waals surface area contributed by atoms with Gasteiger partial charge in [-0.3, -0.25) is 0 Å². The van der Waals surface area contributed by atoms with E-state index in [1.54, 1.807) is 25.2 Å². The van der Waals surface area contributed by atoms with E-state index in [0.29, 0.717) is 15.6 Å². The molecule has 0 bridgehead atoms. The Balaban J connectivity index is 2.40. The van der Waals surface area contributed by atoms with Crippen LogP contribution in [0.5, 0.6) is 0 Å². The third-order valence-electron chi connectivity index (χ3n) is 3.23. The first-order chi connectivity index (χ1) is 9.93. The minimum Gasteiger partial charge on any atom is -0.313 e. The molecule has 0 aliphatic heterocycles. The molecule has 2 aromatic carbocycles. The van der Waals surface area contributed by atoms with E-state index in [4.69, 9.17) is 23.2 Å². The van der Waals surface area contributed by atoms with Gasteiger partial charge in [-0.25, -0.2) is 8.78 Å². The summed E-state index contributed by atoms with van der Waals surface area (Å²) >= 11 is 15.2. The minimum absolute atomic E-state index is 0.000216. The summed E-state index contributed by atoms with van der Waals surface area (Å²) < 4.78 is 28.2. The molecule has 0 saturated carbocycles. The molecule has 0 heterocycles. The Hall–Kier alpha value is -0.680. The molecule has 0 aliphatic rings. The predicted molar refractivity (Wildman–Crippen MR) is 86.0 cm³/mol. The Morgan fingerprint density at radius 3 is 2.57 bits per heavy atom. The van der Waals surface area contributed by atoms with Crippen LogP contribution in [0.15, 0.2) is 34.8 Å². The van der Waals surface area contributed by atoms with Gasteiger partial charge in [0.1, 0.15) is 11.6 Å². The molecular weight excluding hydrogens is 383 g/mol. The summed E-state index contributed by atoms with van der Waals surface area (Å²) in [5.41, 5.74) is 0.699. The number of likely N-dealkylation sites (N-methyl/N-ethyl adjacent to an activating group) is 1. The van der Waals surface area contributed by atoms with E-state index in [9.17, 15) is 8.78 Å². The fraction of sp³-hybridized carbons (Fsp3) is 0.200. The lowest BCUT2D eigenvalue weighted by Gasteiger charge is -2.19. The molecule has 0 amide bonds. The van der Waals surface area contributed by atoms with Crippen molar-refractivity contribution >= 4 is 39.1 Å². The summed E-state index contributed by atoms with van der Waals surface area (Å²) in [7, 11) is 1.70. The molecule has 1 N–H and O–H groups in total. The van der Waals surface area contributed by atoms with Gasteiger partial charge in [-0.15, -0.1) is 0 Å². The van der Waals surface area contributed by atoms with Gasteiger partial charge in [-0.2, -0.15) is 0 Å². The van der Waals surface area contributed by atoms with Crippen LogP contribution in [0, 0.1) is 11.6 Å². The van der Waals surface area contributed by atoms with Crippen LogP contribution in [0.25, 0.3) is 0 Å². The van der Waals surface area contributed by atoms with Crippen LogP contribution in [-0.4, -0.2) is 7.05 Å². The highest BCUT2D eigenvalue weighted by Gasteiger charge is 2.20. The molecule has 6 heteroatoms. The van der Waals surface area contributed by atoms with E-state index in [1.165, 1.54) is 12.1 Å². The molecule has 2 aromatic rings. The van der Waals surface area contributed by atoms with Gasteiger partial charge in [-0.1, -0.05) is 23.2 Å². The van der Waals surface area contributed by atoms with Crippen molar-refractivity contribution in [1.29, 1.82) is 0 Å². The summed E-state index contributed by atoms with van der Waals surface area (Å²) in [4.78, 5) is 0. The van der Waals surface area contributed by atoms with Crippen molar-refractivity contribution in [1.82, 2.24) is 5.32 Å². The monoisotopic (exact) mass is 393 g/mol. The van der Waals surface area contributed by atoms with Crippen LogP contribution >= 0.6 is 39.1 Å². The standard InChI is InChI=1S/C15H12BrCl2F2N/c1-21-14(9-6-8(17)2-4-12(9)18)7-10-13(19)5-3-11(16)15(10)20/h2-6,14,21H,7H2,1H3. The van der Waals surface area contributed by atoms with Crippen LogP contribution in [0.3, 0.4) is 0 Å². The van der Waals surface area contributed by atoms with Crippen molar-refractivity contribution in [3.05, 3.63) is 67.6 Å². The zero-order valence-electron chi connectivity index (χ0n) is 11.1. The summed E-state index contributed by atoms with van der Waals surface area (Å²) in [6.45, 7) is 0. The highest BCUT2D eigenvalue weighted by atomic mass is 79.9. The van der Waals surface area contributed by atoms with E-state index in [-0.39, 0.29) is 22.5 Å². The second-order valence-corrected chi connectivity index (χ2v) is 6.23. The summed E-state index contributed by atoms with van der Waals surface area (Å²) in [6, 6.07) is 7.25. The molecule has 0 aliphatic carbocycles. The molecule has 112 valence electrons. The Bertz CT molecular complexity index is 664. The molecule has 1 nitrogen and oxygen atoms in total. The third kappa shape index (κ3) is 3.75. The topological polar surface area (TPSA) is 12.0 Å². The number of benzene rings is 2. The van der Waals surface area contributed by atoms with Gasteiger partial charge < -0.3 is 5.32 Å². The first kappa shape index (κ1) is 16.7. The summed E-state index contributed by atoms with van der Waals surface area (Å²) in [6.07, 6.45) is 0.119. The predicted octanol–water partition coefficient (Wildman–Crippen LogP) is 5.54. The molecule has 1 atom stereocenters. The fourth-order valence-corrected chi connectivity index (χ4v) is 2.91. The quantitative estimate of drug-likeness (QED) is 0.671. The van der Waals surface area contributed by atoms with Gasteiger partial charge in [0.15, 0.2) is 0 Å². The maximum Gasteiger partial charge on any atom is 0.143 e. The van der Waals surface area contributed by atoms with Gasteiger partial charge in [-0.05, 0) is 65.3 Å². The van der Waals surface area contributed by atoms with E-state index >= 15 is 0 Å². The van der Waals surface area contributed by atoms with Gasteiger partial charge in [0.25, 0.3) is 0 Å². The average molecular weight is 395 g/mol. The highest BCUT2D eigenvalue weighted by molar-refractivity contribution is 9.10. The van der Waals surface area contributed by atoms with E-state index in [1.807, 2.05) is 0 Å². The van der Waals surface area contributed by atoms with Gasteiger partial charge in [0.2, 0.25) is 0 Å². The summed E-state index contributed by atoms with van der Waals surface area (Å²) in [5.74, 6) is -1.19. The molecule has 0 radical (unpaired) electrons. The zero-order valence-corrected chi connectivity index (χ0v) is 14.2. The largest absolute Gasteiger partial charge is 0.313 e. The van der Waals surface area contributed by atoms with Crippen molar-refractivity contribution in [2.45, 2.75) is 12.5 Å². The fourth-order valence-electron chi connectivity index (χ4n) is 2.11. The molecule has 0 spiro atoms. The molecule has 0 aromatic heterocycles. The first-order valence-corrected chi connectivity index (χ1v) is 7.73. The normalized spacial score (nSPS) is 12.5. The molecule has 0 fully saturated rings. The van der Waals surface area contributed by atoms with Crippen molar-refractivity contribution in [3.8, 4) is 0 Å². The van der Waals surface area contributed by atoms with Gasteiger partial charge in [0, 0.05) is 21.7 Å². The average Bonchev–Trinajstić information content (AvgIpc) is 2.46. The lowest BCUT2D eigenvalue weighted by molar-refractivity contribution is 0.512. The van der Waals surface area contributed by atoms with Crippen molar-refractivity contribution in [3.63, 3.8) is 0 Å². The van der Waals surface area contributed by atoms with Crippen molar-refractivity contribution in [2.24, 2.45) is 0 Å². The first-order valence-electron chi connectivity index (χ1n) is 6.18.